The van der Waals surface area contributed by atoms with E-state index in [1.54, 1.807) is 16.4 Å². The van der Waals surface area contributed by atoms with Crippen molar-refractivity contribution in [3.05, 3.63) is 59.7 Å². The molecule has 26 heavy (non-hydrogen) atoms. The molecule has 0 aromatic heterocycles. The van der Waals surface area contributed by atoms with Crippen molar-refractivity contribution >= 4 is 15.7 Å². The van der Waals surface area contributed by atoms with E-state index in [4.69, 9.17) is 0 Å². The maximum atomic E-state index is 13.4. The average molecular weight is 371 g/mol. The van der Waals surface area contributed by atoms with Gasteiger partial charge in [-0.25, -0.2) is 8.42 Å². The first-order valence-electron chi connectivity index (χ1n) is 9.38. The molecule has 5 heteroatoms. The fraction of sp³-hybridized carbons (Fsp3) is 0.429. The highest BCUT2D eigenvalue weighted by molar-refractivity contribution is 7.92. The van der Waals surface area contributed by atoms with Gasteiger partial charge in [0.15, 0.2) is 0 Å². The van der Waals surface area contributed by atoms with Crippen molar-refractivity contribution < 1.29 is 8.42 Å². The molecule has 1 N–H and O–H groups in total. The standard InChI is InChI=1S/C21H26N2O2S/c1-17-7-9-19(10-8-17)26(24,25)23-14-12-21(11-4-13-22-16-21)15-18-5-2-3-6-20(18)23/h2-3,5-10,22H,4,11-16H2,1H3. The van der Waals surface area contributed by atoms with Gasteiger partial charge in [0.1, 0.15) is 0 Å². The molecule has 2 aromatic rings. The molecule has 4 rings (SSSR count). The van der Waals surface area contributed by atoms with Crippen LogP contribution in [-0.2, 0) is 16.4 Å². The van der Waals surface area contributed by atoms with E-state index in [2.05, 4.69) is 11.4 Å². The first-order valence-corrected chi connectivity index (χ1v) is 10.8. The van der Waals surface area contributed by atoms with E-state index < -0.39 is 10.0 Å². The molecule has 1 unspecified atom stereocenters. The predicted molar refractivity (Wildman–Crippen MR) is 105 cm³/mol. The molecular formula is C21H26N2O2S. The second-order valence-corrected chi connectivity index (χ2v) is 9.59. The third-order valence-corrected chi connectivity index (χ3v) is 7.67. The molecule has 1 saturated heterocycles. The zero-order valence-corrected chi connectivity index (χ0v) is 16.1. The number of piperidine rings is 1. The van der Waals surface area contributed by atoms with Crippen LogP contribution < -0.4 is 9.62 Å². The van der Waals surface area contributed by atoms with Gasteiger partial charge in [-0.15, -0.1) is 0 Å². The Morgan fingerprint density at radius 1 is 1.04 bits per heavy atom. The maximum absolute atomic E-state index is 13.4. The second kappa shape index (κ2) is 6.71. The molecule has 2 aromatic carbocycles. The molecule has 0 aliphatic carbocycles. The fourth-order valence-corrected chi connectivity index (χ4v) is 5.84. The van der Waals surface area contributed by atoms with Crippen LogP contribution in [0, 0.1) is 12.3 Å². The van der Waals surface area contributed by atoms with E-state index >= 15 is 0 Å². The lowest BCUT2D eigenvalue weighted by Gasteiger charge is -2.37. The minimum absolute atomic E-state index is 0.159. The van der Waals surface area contributed by atoms with Crippen molar-refractivity contribution in [3.63, 3.8) is 0 Å². The third kappa shape index (κ3) is 3.14. The number of anilines is 1. The number of nitrogens with one attached hydrogen (secondary N) is 1. The van der Waals surface area contributed by atoms with Crippen molar-refractivity contribution in [1.29, 1.82) is 0 Å². The Morgan fingerprint density at radius 2 is 1.81 bits per heavy atom. The Morgan fingerprint density at radius 3 is 2.54 bits per heavy atom. The van der Waals surface area contributed by atoms with Crippen LogP contribution >= 0.6 is 0 Å². The number of rotatable bonds is 2. The molecule has 4 nitrogen and oxygen atoms in total. The molecule has 2 aliphatic rings. The summed E-state index contributed by atoms with van der Waals surface area (Å²) >= 11 is 0. The van der Waals surface area contributed by atoms with Crippen molar-refractivity contribution in [2.24, 2.45) is 5.41 Å². The first-order chi connectivity index (χ1) is 12.5. The summed E-state index contributed by atoms with van der Waals surface area (Å²) in [6, 6.07) is 15.2. The van der Waals surface area contributed by atoms with Gasteiger partial charge in [-0.05, 0) is 68.3 Å². The van der Waals surface area contributed by atoms with Gasteiger partial charge in [0, 0.05) is 13.1 Å². The predicted octanol–water partition coefficient (Wildman–Crippen LogP) is 3.51. The average Bonchev–Trinajstić information content (AvgIpc) is 2.79. The maximum Gasteiger partial charge on any atom is 0.264 e. The Kier molecular flexibility index (Phi) is 4.53. The fourth-order valence-electron chi connectivity index (χ4n) is 4.34. The van der Waals surface area contributed by atoms with Crippen molar-refractivity contribution in [3.8, 4) is 0 Å². The largest absolute Gasteiger partial charge is 0.316 e. The van der Waals surface area contributed by atoms with Gasteiger partial charge in [0.05, 0.1) is 10.6 Å². The summed E-state index contributed by atoms with van der Waals surface area (Å²) in [5, 5.41) is 3.53. The third-order valence-electron chi connectivity index (χ3n) is 5.84. The minimum atomic E-state index is -3.56. The summed E-state index contributed by atoms with van der Waals surface area (Å²) in [7, 11) is -3.56. The molecule has 1 atom stereocenters. The quantitative estimate of drug-likeness (QED) is 0.880. The van der Waals surface area contributed by atoms with Crippen molar-refractivity contribution in [1.82, 2.24) is 5.32 Å². The van der Waals surface area contributed by atoms with Crippen LogP contribution in [0.5, 0.6) is 0 Å². The summed E-state index contributed by atoms with van der Waals surface area (Å²) < 4.78 is 28.4. The summed E-state index contributed by atoms with van der Waals surface area (Å²) in [6.07, 6.45) is 4.15. The SMILES string of the molecule is Cc1ccc(S(=O)(=O)N2CCC3(CCCNC3)Cc3ccccc32)cc1. The van der Waals surface area contributed by atoms with Crippen molar-refractivity contribution in [2.75, 3.05) is 23.9 Å². The molecule has 0 radical (unpaired) electrons. The molecule has 1 spiro atoms. The van der Waals surface area contributed by atoms with Gasteiger partial charge in [0.2, 0.25) is 0 Å². The highest BCUT2D eigenvalue weighted by Crippen LogP contribution is 2.41. The summed E-state index contributed by atoms with van der Waals surface area (Å²) in [6.45, 7) is 4.54. The van der Waals surface area contributed by atoms with E-state index in [1.165, 1.54) is 0 Å². The van der Waals surface area contributed by atoms with E-state index in [0.717, 1.165) is 55.6 Å². The first kappa shape index (κ1) is 17.6. The number of fused-ring (bicyclic) bond motifs is 1. The van der Waals surface area contributed by atoms with E-state index in [-0.39, 0.29) is 5.41 Å². The Balaban J connectivity index is 1.76. The number of hydrogen-bond acceptors (Lipinski definition) is 3. The lowest BCUT2D eigenvalue weighted by Crippen LogP contribution is -2.42. The highest BCUT2D eigenvalue weighted by Gasteiger charge is 2.38. The molecule has 138 valence electrons. The lowest BCUT2D eigenvalue weighted by molar-refractivity contribution is 0.197. The summed E-state index contributed by atoms with van der Waals surface area (Å²) in [5.74, 6) is 0. The molecule has 0 amide bonds. The van der Waals surface area contributed by atoms with Gasteiger partial charge in [0.25, 0.3) is 10.0 Å². The highest BCUT2D eigenvalue weighted by atomic mass is 32.2. The molecular weight excluding hydrogens is 344 g/mol. The normalized spacial score (nSPS) is 23.5. The summed E-state index contributed by atoms with van der Waals surface area (Å²) in [4.78, 5) is 0.371. The second-order valence-electron chi connectivity index (χ2n) is 7.73. The van der Waals surface area contributed by atoms with Crippen LogP contribution in [0.4, 0.5) is 5.69 Å². The van der Waals surface area contributed by atoms with Crippen LogP contribution in [-0.4, -0.2) is 28.1 Å². The zero-order valence-electron chi connectivity index (χ0n) is 15.2. The summed E-state index contributed by atoms with van der Waals surface area (Å²) in [5.41, 5.74) is 3.21. The van der Waals surface area contributed by atoms with Crippen LogP contribution in [0.2, 0.25) is 0 Å². The molecule has 1 fully saturated rings. The smallest absolute Gasteiger partial charge is 0.264 e. The van der Waals surface area contributed by atoms with E-state index in [9.17, 15) is 8.42 Å². The number of nitrogens with zero attached hydrogens (tertiary/aromatic N) is 1. The minimum Gasteiger partial charge on any atom is -0.316 e. The van der Waals surface area contributed by atoms with Gasteiger partial charge in [-0.2, -0.15) is 0 Å². The van der Waals surface area contributed by atoms with Crippen LogP contribution in [0.1, 0.15) is 30.4 Å². The number of sulfonamides is 1. The zero-order chi connectivity index (χ0) is 18.2. The number of para-hydroxylation sites is 1. The molecule has 2 aliphatic heterocycles. The Hall–Kier alpha value is -1.85. The molecule has 2 heterocycles. The van der Waals surface area contributed by atoms with E-state index in [1.807, 2.05) is 37.3 Å². The van der Waals surface area contributed by atoms with Gasteiger partial charge < -0.3 is 5.32 Å². The van der Waals surface area contributed by atoms with Crippen molar-refractivity contribution in [2.45, 2.75) is 37.5 Å². The van der Waals surface area contributed by atoms with Crippen LogP contribution in [0.15, 0.2) is 53.4 Å². The molecule has 0 saturated carbocycles. The Labute approximate surface area is 156 Å². The van der Waals surface area contributed by atoms with E-state index in [0.29, 0.717) is 11.4 Å². The van der Waals surface area contributed by atoms with Gasteiger partial charge in [-0.1, -0.05) is 35.9 Å². The Bertz CT molecular complexity index is 884. The van der Waals surface area contributed by atoms with Crippen LogP contribution in [0.25, 0.3) is 0 Å². The topological polar surface area (TPSA) is 49.4 Å². The van der Waals surface area contributed by atoms with Gasteiger partial charge in [-0.3, -0.25) is 4.31 Å². The van der Waals surface area contributed by atoms with Crippen LogP contribution in [0.3, 0.4) is 0 Å². The van der Waals surface area contributed by atoms with Gasteiger partial charge >= 0.3 is 0 Å². The number of aryl methyl sites for hydroxylation is 1. The monoisotopic (exact) mass is 370 g/mol. The lowest BCUT2D eigenvalue weighted by atomic mass is 9.74. The molecule has 0 bridgehead atoms. The number of benzene rings is 2. The number of hydrogen-bond donors (Lipinski definition) is 1.